The Kier molecular flexibility index (Phi) is 5.94. The molecule has 0 spiro atoms. The summed E-state index contributed by atoms with van der Waals surface area (Å²) in [6.45, 7) is 1.34. The first kappa shape index (κ1) is 19.9. The molecule has 0 radical (unpaired) electrons. The van der Waals surface area contributed by atoms with E-state index in [2.05, 4.69) is 15.6 Å². The summed E-state index contributed by atoms with van der Waals surface area (Å²) >= 11 is 0. The maximum atomic E-state index is 12.8. The van der Waals surface area contributed by atoms with Crippen LogP contribution in [0.25, 0.3) is 11.0 Å². The highest BCUT2D eigenvalue weighted by atomic mass is 16.5. The van der Waals surface area contributed by atoms with Crippen LogP contribution >= 0.6 is 0 Å². The largest absolute Gasteiger partial charge is 0.375 e. The molecule has 4 rings (SSSR count). The van der Waals surface area contributed by atoms with Gasteiger partial charge in [-0.25, -0.2) is 9.78 Å². The van der Waals surface area contributed by atoms with Crippen LogP contribution in [0.2, 0.25) is 0 Å². The number of rotatable bonds is 5. The van der Waals surface area contributed by atoms with Crippen molar-refractivity contribution in [3.05, 3.63) is 54.4 Å². The zero-order chi connectivity index (χ0) is 20.9. The molecule has 2 aromatic carbocycles. The van der Waals surface area contributed by atoms with E-state index in [1.54, 1.807) is 24.3 Å². The average molecular weight is 407 g/mol. The number of ether oxygens (including phenoxy) is 1. The number of methoxy groups -OCH3 is 1. The van der Waals surface area contributed by atoms with Crippen molar-refractivity contribution in [2.75, 3.05) is 37.4 Å². The van der Waals surface area contributed by atoms with Crippen LogP contribution in [-0.4, -0.2) is 53.6 Å². The lowest BCUT2D eigenvalue weighted by Crippen LogP contribution is -2.41. The van der Waals surface area contributed by atoms with E-state index in [1.165, 1.54) is 7.11 Å². The zero-order valence-electron chi connectivity index (χ0n) is 16.9. The third-order valence-corrected chi connectivity index (χ3v) is 5.20. The Morgan fingerprint density at radius 3 is 2.60 bits per heavy atom. The zero-order valence-corrected chi connectivity index (χ0v) is 16.9. The number of nitrogens with one attached hydrogen (secondary N) is 3. The van der Waals surface area contributed by atoms with Crippen LogP contribution in [0.1, 0.15) is 24.6 Å². The fraction of sp³-hybridized carbons (Fsp3) is 0.318. The number of urea groups is 1. The van der Waals surface area contributed by atoms with Gasteiger partial charge in [0, 0.05) is 37.5 Å². The third kappa shape index (κ3) is 4.60. The van der Waals surface area contributed by atoms with Crippen molar-refractivity contribution in [1.82, 2.24) is 14.9 Å². The van der Waals surface area contributed by atoms with Crippen molar-refractivity contribution < 1.29 is 14.3 Å². The van der Waals surface area contributed by atoms with Crippen molar-refractivity contribution in [3.63, 3.8) is 0 Å². The van der Waals surface area contributed by atoms with E-state index in [4.69, 9.17) is 9.72 Å². The molecule has 1 atom stereocenters. The van der Waals surface area contributed by atoms with E-state index in [0.717, 1.165) is 29.7 Å². The minimum Gasteiger partial charge on any atom is -0.375 e. The summed E-state index contributed by atoms with van der Waals surface area (Å²) in [6, 6.07) is 14.9. The van der Waals surface area contributed by atoms with E-state index >= 15 is 0 Å². The Morgan fingerprint density at radius 1 is 1.13 bits per heavy atom. The number of nitrogens with zero attached hydrogens (tertiary/aromatic N) is 2. The van der Waals surface area contributed by atoms with E-state index in [1.807, 2.05) is 29.2 Å². The van der Waals surface area contributed by atoms with E-state index in [-0.39, 0.29) is 24.5 Å². The monoisotopic (exact) mass is 407 g/mol. The van der Waals surface area contributed by atoms with Gasteiger partial charge >= 0.3 is 6.03 Å². The standard InChI is InChI=1S/C22H25N5O3/c1-30-14-20(28)23-16-8-10-17(11-9-16)24-22(29)27-12-4-5-15(13-27)21-25-18-6-2-3-7-19(18)26-21/h2-3,6-11,15H,4-5,12-14H2,1H3,(H,23,28)(H,24,29)(H,25,26). The predicted octanol–water partition coefficient (Wildman–Crippen LogP) is 3.56. The fourth-order valence-corrected chi connectivity index (χ4v) is 3.72. The molecule has 0 saturated carbocycles. The van der Waals surface area contributed by atoms with E-state index in [9.17, 15) is 9.59 Å². The summed E-state index contributed by atoms with van der Waals surface area (Å²) in [7, 11) is 1.47. The minimum absolute atomic E-state index is 0.000155. The fourth-order valence-electron chi connectivity index (χ4n) is 3.72. The maximum absolute atomic E-state index is 12.8. The molecule has 2 heterocycles. The molecular weight excluding hydrogens is 382 g/mol. The second-order valence-corrected chi connectivity index (χ2v) is 7.41. The van der Waals surface area contributed by atoms with Gasteiger partial charge in [0.05, 0.1) is 11.0 Å². The first-order chi connectivity index (χ1) is 14.6. The lowest BCUT2D eigenvalue weighted by Gasteiger charge is -2.31. The number of piperidine rings is 1. The molecule has 1 unspecified atom stereocenters. The number of para-hydroxylation sites is 2. The molecule has 1 aromatic heterocycles. The number of carbonyl (C=O) groups is 2. The average Bonchev–Trinajstić information content (AvgIpc) is 3.20. The molecule has 3 aromatic rings. The summed E-state index contributed by atoms with van der Waals surface area (Å²) in [5.41, 5.74) is 3.30. The number of likely N-dealkylation sites (tertiary alicyclic amines) is 1. The molecule has 1 fully saturated rings. The Bertz CT molecular complexity index is 998. The number of hydrogen-bond acceptors (Lipinski definition) is 4. The van der Waals surface area contributed by atoms with Gasteiger partial charge in [0.15, 0.2) is 0 Å². The van der Waals surface area contributed by atoms with Crippen LogP contribution in [-0.2, 0) is 9.53 Å². The molecule has 1 aliphatic rings. The Balaban J connectivity index is 1.36. The van der Waals surface area contributed by atoms with Gasteiger partial charge in [0.25, 0.3) is 0 Å². The lowest BCUT2D eigenvalue weighted by molar-refractivity contribution is -0.119. The van der Waals surface area contributed by atoms with Crippen molar-refractivity contribution in [1.29, 1.82) is 0 Å². The summed E-state index contributed by atoms with van der Waals surface area (Å²) in [6.07, 6.45) is 1.93. The summed E-state index contributed by atoms with van der Waals surface area (Å²) < 4.78 is 4.80. The Labute approximate surface area is 174 Å². The number of imidazole rings is 1. The van der Waals surface area contributed by atoms with Gasteiger partial charge < -0.3 is 25.3 Å². The second kappa shape index (κ2) is 8.96. The van der Waals surface area contributed by atoms with Crippen LogP contribution in [0.3, 0.4) is 0 Å². The number of carbonyl (C=O) groups excluding carboxylic acids is 2. The van der Waals surface area contributed by atoms with Gasteiger partial charge in [-0.3, -0.25) is 4.79 Å². The molecule has 3 N–H and O–H groups in total. The smallest absolute Gasteiger partial charge is 0.321 e. The summed E-state index contributed by atoms with van der Waals surface area (Å²) in [4.78, 5) is 34.3. The van der Waals surface area contributed by atoms with Crippen LogP contribution in [0.4, 0.5) is 16.2 Å². The first-order valence-electron chi connectivity index (χ1n) is 10.0. The molecule has 1 aliphatic heterocycles. The first-order valence-corrected chi connectivity index (χ1v) is 10.0. The van der Waals surface area contributed by atoms with E-state index in [0.29, 0.717) is 24.5 Å². The van der Waals surface area contributed by atoms with Gasteiger partial charge in [-0.2, -0.15) is 0 Å². The number of anilines is 2. The summed E-state index contributed by atoms with van der Waals surface area (Å²) in [5.74, 6) is 0.902. The lowest BCUT2D eigenvalue weighted by atomic mass is 9.97. The van der Waals surface area contributed by atoms with Gasteiger partial charge in [-0.05, 0) is 49.2 Å². The highest BCUT2D eigenvalue weighted by Crippen LogP contribution is 2.27. The molecular formula is C22H25N5O3. The van der Waals surface area contributed by atoms with Crippen molar-refractivity contribution in [3.8, 4) is 0 Å². The summed E-state index contributed by atoms with van der Waals surface area (Å²) in [5, 5.41) is 5.66. The predicted molar refractivity (Wildman–Crippen MR) is 116 cm³/mol. The number of fused-ring (bicyclic) bond motifs is 1. The van der Waals surface area contributed by atoms with Crippen molar-refractivity contribution >= 4 is 34.3 Å². The van der Waals surface area contributed by atoms with Crippen LogP contribution in [0.15, 0.2) is 48.5 Å². The number of hydrogen-bond donors (Lipinski definition) is 3. The van der Waals surface area contributed by atoms with Gasteiger partial charge in [0.1, 0.15) is 12.4 Å². The number of H-pyrrole nitrogens is 1. The Morgan fingerprint density at radius 2 is 1.87 bits per heavy atom. The van der Waals surface area contributed by atoms with Gasteiger partial charge in [-0.15, -0.1) is 0 Å². The normalized spacial score (nSPS) is 16.4. The molecule has 3 amide bonds. The molecule has 156 valence electrons. The minimum atomic E-state index is -0.223. The maximum Gasteiger partial charge on any atom is 0.321 e. The van der Waals surface area contributed by atoms with Crippen LogP contribution in [0, 0.1) is 0 Å². The third-order valence-electron chi connectivity index (χ3n) is 5.20. The molecule has 1 saturated heterocycles. The van der Waals surface area contributed by atoms with Crippen molar-refractivity contribution in [2.45, 2.75) is 18.8 Å². The second-order valence-electron chi connectivity index (χ2n) is 7.41. The quantitative estimate of drug-likeness (QED) is 0.602. The highest BCUT2D eigenvalue weighted by molar-refractivity contribution is 5.93. The number of aromatic nitrogens is 2. The van der Waals surface area contributed by atoms with Gasteiger partial charge in [-0.1, -0.05) is 12.1 Å². The molecule has 30 heavy (non-hydrogen) atoms. The number of aromatic amines is 1. The Hall–Kier alpha value is -3.39. The topological polar surface area (TPSA) is 99.3 Å². The number of benzene rings is 2. The van der Waals surface area contributed by atoms with Crippen molar-refractivity contribution in [2.24, 2.45) is 0 Å². The molecule has 8 nitrogen and oxygen atoms in total. The van der Waals surface area contributed by atoms with Crippen LogP contribution in [0.5, 0.6) is 0 Å². The van der Waals surface area contributed by atoms with Crippen LogP contribution < -0.4 is 10.6 Å². The molecule has 0 bridgehead atoms. The van der Waals surface area contributed by atoms with E-state index < -0.39 is 0 Å². The van der Waals surface area contributed by atoms with Gasteiger partial charge in [0.2, 0.25) is 5.91 Å². The highest BCUT2D eigenvalue weighted by Gasteiger charge is 2.26. The molecule has 8 heteroatoms. The molecule has 0 aliphatic carbocycles. The SMILES string of the molecule is COCC(=O)Nc1ccc(NC(=O)N2CCCC(c3nc4ccccc4[nH]3)C2)cc1. The number of amides is 3.